The molecule has 160 valence electrons. The predicted molar refractivity (Wildman–Crippen MR) is 131 cm³/mol. The average molecular weight is 530 g/mol. The number of nitrogens with one attached hydrogen (secondary N) is 3. The molecule has 2 aromatic carbocycles. The highest BCUT2D eigenvalue weighted by molar-refractivity contribution is 14.0. The van der Waals surface area contributed by atoms with Crippen LogP contribution >= 0.6 is 24.0 Å². The summed E-state index contributed by atoms with van der Waals surface area (Å²) in [5.74, 6) is 0.702. The van der Waals surface area contributed by atoms with Crippen molar-refractivity contribution in [1.82, 2.24) is 15.4 Å². The van der Waals surface area contributed by atoms with Gasteiger partial charge in [-0.2, -0.15) is 0 Å². The van der Waals surface area contributed by atoms with Gasteiger partial charge in [-0.1, -0.05) is 54.1 Å². The van der Waals surface area contributed by atoms with Crippen molar-refractivity contribution in [1.29, 1.82) is 0 Å². The molecule has 0 radical (unpaired) electrons. The normalized spacial score (nSPS) is 11.8. The lowest BCUT2D eigenvalue weighted by Crippen LogP contribution is -2.36. The first kappa shape index (κ1) is 25.4. The molecule has 0 aliphatic rings. The predicted octanol–water partition coefficient (Wildman–Crippen LogP) is 3.31. The minimum Gasteiger partial charge on any atom is -0.352 e. The Labute approximate surface area is 191 Å². The van der Waals surface area contributed by atoms with Crippen LogP contribution in [0.3, 0.4) is 0 Å². The van der Waals surface area contributed by atoms with Crippen molar-refractivity contribution in [2.45, 2.75) is 45.7 Å². The van der Waals surface area contributed by atoms with Crippen LogP contribution in [0.2, 0.25) is 0 Å². The van der Waals surface area contributed by atoms with E-state index in [1.807, 2.05) is 44.2 Å². The number of guanidine groups is 1. The maximum atomic E-state index is 12.0. The van der Waals surface area contributed by atoms with Gasteiger partial charge in [-0.05, 0) is 37.5 Å². The van der Waals surface area contributed by atoms with E-state index in [-0.39, 0.29) is 35.8 Å². The van der Waals surface area contributed by atoms with E-state index in [0.717, 1.165) is 11.1 Å². The number of hydrogen-bond acceptors (Lipinski definition) is 3. The van der Waals surface area contributed by atoms with Gasteiger partial charge in [0.25, 0.3) is 0 Å². The first-order valence-corrected chi connectivity index (χ1v) is 11.0. The molecule has 0 spiro atoms. The topological polar surface area (TPSA) is 82.6 Å². The molecule has 8 heteroatoms. The van der Waals surface area contributed by atoms with E-state index < -0.39 is 10.0 Å². The molecule has 0 atom stereocenters. The lowest BCUT2D eigenvalue weighted by Gasteiger charge is -2.13. The number of aliphatic imine (C=N–C) groups is 1. The van der Waals surface area contributed by atoms with E-state index in [9.17, 15) is 8.42 Å². The van der Waals surface area contributed by atoms with Gasteiger partial charge in [0, 0.05) is 26.2 Å². The van der Waals surface area contributed by atoms with Crippen LogP contribution in [0.5, 0.6) is 0 Å². The molecule has 2 aromatic rings. The van der Waals surface area contributed by atoms with E-state index >= 15 is 0 Å². The second-order valence-corrected chi connectivity index (χ2v) is 8.87. The first-order chi connectivity index (χ1) is 13.3. The molecule has 0 unspecified atom stereocenters. The van der Waals surface area contributed by atoms with E-state index in [4.69, 9.17) is 0 Å². The summed E-state index contributed by atoms with van der Waals surface area (Å²) in [7, 11) is -1.57. The van der Waals surface area contributed by atoms with E-state index in [1.165, 1.54) is 11.1 Å². The zero-order valence-corrected chi connectivity index (χ0v) is 20.5. The minimum absolute atomic E-state index is 0. The second-order valence-electron chi connectivity index (χ2n) is 7.12. The van der Waals surface area contributed by atoms with Gasteiger partial charge >= 0.3 is 0 Å². The Balaban J connectivity index is 0.00000420. The molecule has 29 heavy (non-hydrogen) atoms. The summed E-state index contributed by atoms with van der Waals surface area (Å²) < 4.78 is 26.6. The van der Waals surface area contributed by atoms with Crippen LogP contribution in [0.15, 0.2) is 53.5 Å². The van der Waals surface area contributed by atoms with Crippen LogP contribution in [-0.2, 0) is 28.9 Å². The molecule has 0 saturated heterocycles. The fraction of sp³-hybridized carbons (Fsp3) is 0.381. The molecule has 2 rings (SSSR count). The number of benzene rings is 2. The van der Waals surface area contributed by atoms with Crippen molar-refractivity contribution in [3.05, 3.63) is 70.8 Å². The fourth-order valence-electron chi connectivity index (χ4n) is 2.79. The molecule has 3 N–H and O–H groups in total. The first-order valence-electron chi connectivity index (χ1n) is 9.35. The Bertz CT molecular complexity index is 897. The summed E-state index contributed by atoms with van der Waals surface area (Å²) in [5.41, 5.74) is 4.24. The third-order valence-electron chi connectivity index (χ3n) is 4.02. The molecule has 0 bridgehead atoms. The molecule has 6 nitrogen and oxygen atoms in total. The Morgan fingerprint density at radius 1 is 0.966 bits per heavy atom. The molecule has 0 fully saturated rings. The summed E-state index contributed by atoms with van der Waals surface area (Å²) in [6, 6.07) is 15.8. The standard InChI is InChI=1S/C21H30N4O2S.HI/c1-16(2)25-28(26,27)15-19-10-8-18(9-11-19)13-23-21(22-4)24-14-20-7-5-6-17(3)12-20;/h5-12,16,25H,13-15H2,1-4H3,(H2,22,23,24);1H. The fourth-order valence-corrected chi connectivity index (χ4v) is 4.22. The Morgan fingerprint density at radius 3 is 2.10 bits per heavy atom. The van der Waals surface area contributed by atoms with Gasteiger partial charge in [-0.3, -0.25) is 4.99 Å². The Morgan fingerprint density at radius 2 is 1.55 bits per heavy atom. The SMILES string of the molecule is CN=C(NCc1ccc(CS(=O)(=O)NC(C)C)cc1)NCc1cccc(C)c1.I. The van der Waals surface area contributed by atoms with Gasteiger partial charge in [0.2, 0.25) is 10.0 Å². The lowest BCUT2D eigenvalue weighted by atomic mass is 10.1. The molecule has 0 saturated carbocycles. The molecule has 0 aromatic heterocycles. The monoisotopic (exact) mass is 530 g/mol. The Kier molecular flexibility index (Phi) is 10.6. The van der Waals surface area contributed by atoms with Crippen LogP contribution in [0.4, 0.5) is 0 Å². The minimum atomic E-state index is -3.31. The molecular weight excluding hydrogens is 499 g/mol. The van der Waals surface area contributed by atoms with E-state index in [2.05, 4.69) is 45.5 Å². The summed E-state index contributed by atoms with van der Waals surface area (Å²) in [6.45, 7) is 6.99. The van der Waals surface area contributed by atoms with Crippen molar-refractivity contribution in [2.24, 2.45) is 4.99 Å². The summed E-state index contributed by atoms with van der Waals surface area (Å²) >= 11 is 0. The lowest BCUT2D eigenvalue weighted by molar-refractivity contribution is 0.569. The number of aryl methyl sites for hydroxylation is 1. The van der Waals surface area contributed by atoms with Gasteiger partial charge in [0.05, 0.1) is 5.75 Å². The number of nitrogens with zero attached hydrogens (tertiary/aromatic N) is 1. The van der Waals surface area contributed by atoms with Crippen molar-refractivity contribution in [2.75, 3.05) is 7.05 Å². The third kappa shape index (κ3) is 9.60. The smallest absolute Gasteiger partial charge is 0.216 e. The van der Waals surface area contributed by atoms with Gasteiger partial charge in [-0.25, -0.2) is 13.1 Å². The summed E-state index contributed by atoms with van der Waals surface area (Å²) in [4.78, 5) is 4.24. The second kappa shape index (κ2) is 12.1. The summed E-state index contributed by atoms with van der Waals surface area (Å²) in [5, 5.41) is 6.57. The quantitative estimate of drug-likeness (QED) is 0.278. The van der Waals surface area contributed by atoms with Crippen LogP contribution in [0.1, 0.15) is 36.1 Å². The van der Waals surface area contributed by atoms with Crippen LogP contribution in [-0.4, -0.2) is 27.5 Å². The molecular formula is C21H31IN4O2S. The molecule has 0 amide bonds. The van der Waals surface area contributed by atoms with Gasteiger partial charge in [-0.15, -0.1) is 24.0 Å². The van der Waals surface area contributed by atoms with E-state index in [1.54, 1.807) is 7.05 Å². The van der Waals surface area contributed by atoms with Crippen molar-refractivity contribution in [3.63, 3.8) is 0 Å². The third-order valence-corrected chi connectivity index (χ3v) is 5.56. The Hall–Kier alpha value is -1.65. The summed E-state index contributed by atoms with van der Waals surface area (Å²) in [6.07, 6.45) is 0. The number of halogens is 1. The zero-order valence-electron chi connectivity index (χ0n) is 17.4. The van der Waals surface area contributed by atoms with Crippen molar-refractivity contribution in [3.8, 4) is 0 Å². The maximum Gasteiger partial charge on any atom is 0.216 e. The zero-order chi connectivity index (χ0) is 20.6. The maximum absolute atomic E-state index is 12.0. The molecule has 0 heterocycles. The highest BCUT2D eigenvalue weighted by Gasteiger charge is 2.12. The van der Waals surface area contributed by atoms with Gasteiger partial charge in [0.15, 0.2) is 5.96 Å². The molecule has 0 aliphatic heterocycles. The average Bonchev–Trinajstić information content (AvgIpc) is 2.62. The number of hydrogen-bond donors (Lipinski definition) is 3. The highest BCUT2D eigenvalue weighted by atomic mass is 127. The number of rotatable bonds is 8. The molecule has 0 aliphatic carbocycles. The van der Waals surface area contributed by atoms with Gasteiger partial charge in [0.1, 0.15) is 0 Å². The van der Waals surface area contributed by atoms with Gasteiger partial charge < -0.3 is 10.6 Å². The largest absolute Gasteiger partial charge is 0.352 e. The highest BCUT2D eigenvalue weighted by Crippen LogP contribution is 2.08. The number of sulfonamides is 1. The van der Waals surface area contributed by atoms with Crippen molar-refractivity contribution >= 4 is 40.0 Å². The van der Waals surface area contributed by atoms with Crippen LogP contribution in [0.25, 0.3) is 0 Å². The van der Waals surface area contributed by atoms with Crippen LogP contribution < -0.4 is 15.4 Å². The van der Waals surface area contributed by atoms with Crippen LogP contribution in [0, 0.1) is 6.92 Å². The van der Waals surface area contributed by atoms with E-state index in [0.29, 0.717) is 19.0 Å². The van der Waals surface area contributed by atoms with Crippen molar-refractivity contribution < 1.29 is 8.42 Å².